The lowest BCUT2D eigenvalue weighted by Gasteiger charge is -2.36. The van der Waals surface area contributed by atoms with E-state index in [1.54, 1.807) is 12.1 Å². The number of aryl methyl sites for hydroxylation is 1. The molecule has 2 heterocycles. The van der Waals surface area contributed by atoms with Crippen molar-refractivity contribution in [3.8, 4) is 0 Å². The van der Waals surface area contributed by atoms with E-state index in [0.29, 0.717) is 18.6 Å². The maximum atomic E-state index is 13.2. The molecule has 0 radical (unpaired) electrons. The van der Waals surface area contributed by atoms with Gasteiger partial charge in [0.1, 0.15) is 11.4 Å². The van der Waals surface area contributed by atoms with Crippen molar-refractivity contribution in [2.45, 2.75) is 30.3 Å². The monoisotopic (exact) mass is 441 g/mol. The number of carbonyl (C=O) groups is 2. The van der Waals surface area contributed by atoms with E-state index in [2.05, 4.69) is 10.3 Å². The number of carbonyl (C=O) groups excluding carboxylic acids is 2. The topological polar surface area (TPSA) is 105 Å². The molecule has 0 bridgehead atoms. The smallest absolute Gasteiger partial charge is 0.339 e. The third-order valence-electron chi connectivity index (χ3n) is 5.67. The molecule has 0 atom stereocenters. The maximum absolute atomic E-state index is 13.2. The van der Waals surface area contributed by atoms with Crippen LogP contribution in [-0.2, 0) is 19.6 Å². The SMILES string of the molecule is COC(=O)c1ccccc1S(=O)(=O)N1CCC2(CC1)N=C(c1ccc(C)cc1)C(=O)N2. The molecular formula is C22H23N3O5S. The average Bonchev–Trinajstić information content (AvgIpc) is 3.09. The van der Waals surface area contributed by atoms with Crippen LogP contribution in [-0.4, -0.2) is 56.2 Å². The minimum Gasteiger partial charge on any atom is -0.465 e. The van der Waals surface area contributed by atoms with Crippen molar-refractivity contribution < 1.29 is 22.7 Å². The van der Waals surface area contributed by atoms with Crippen LogP contribution in [0.1, 0.15) is 34.3 Å². The Morgan fingerprint density at radius 1 is 1.10 bits per heavy atom. The fourth-order valence-corrected chi connectivity index (χ4v) is 5.53. The molecule has 0 saturated carbocycles. The van der Waals surface area contributed by atoms with E-state index >= 15 is 0 Å². The third-order valence-corrected chi connectivity index (χ3v) is 7.63. The van der Waals surface area contributed by atoms with Gasteiger partial charge in [0.15, 0.2) is 0 Å². The molecule has 1 spiro atoms. The molecule has 9 heteroatoms. The van der Waals surface area contributed by atoms with Gasteiger partial charge in [-0.25, -0.2) is 13.2 Å². The molecule has 1 N–H and O–H groups in total. The van der Waals surface area contributed by atoms with Crippen molar-refractivity contribution in [2.24, 2.45) is 4.99 Å². The summed E-state index contributed by atoms with van der Waals surface area (Å²) in [5.74, 6) is -0.959. The molecular weight excluding hydrogens is 418 g/mol. The minimum atomic E-state index is -3.91. The van der Waals surface area contributed by atoms with Crippen LogP contribution in [0.15, 0.2) is 58.4 Å². The number of amides is 1. The molecule has 8 nitrogen and oxygen atoms in total. The number of esters is 1. The summed E-state index contributed by atoms with van der Waals surface area (Å²) in [6, 6.07) is 13.5. The van der Waals surface area contributed by atoms with E-state index in [9.17, 15) is 18.0 Å². The number of methoxy groups -OCH3 is 1. The zero-order valence-corrected chi connectivity index (χ0v) is 18.1. The Kier molecular flexibility index (Phi) is 5.40. The molecule has 0 aliphatic carbocycles. The Labute approximate surface area is 181 Å². The van der Waals surface area contributed by atoms with Crippen LogP contribution < -0.4 is 5.32 Å². The van der Waals surface area contributed by atoms with E-state index in [0.717, 1.165) is 11.1 Å². The molecule has 1 fully saturated rings. The van der Waals surface area contributed by atoms with Crippen LogP contribution in [0, 0.1) is 6.92 Å². The number of rotatable bonds is 4. The van der Waals surface area contributed by atoms with E-state index in [1.165, 1.54) is 23.5 Å². The second-order valence-corrected chi connectivity index (χ2v) is 9.61. The number of hydrogen-bond donors (Lipinski definition) is 1. The fourth-order valence-electron chi connectivity index (χ4n) is 3.91. The summed E-state index contributed by atoms with van der Waals surface area (Å²) < 4.78 is 32.5. The first-order valence-electron chi connectivity index (χ1n) is 9.93. The molecule has 162 valence electrons. The number of benzene rings is 2. The highest BCUT2D eigenvalue weighted by atomic mass is 32.2. The molecule has 1 amide bonds. The highest BCUT2D eigenvalue weighted by Gasteiger charge is 2.44. The highest BCUT2D eigenvalue weighted by Crippen LogP contribution is 2.32. The number of nitrogens with one attached hydrogen (secondary N) is 1. The van der Waals surface area contributed by atoms with Crippen molar-refractivity contribution >= 4 is 27.6 Å². The summed E-state index contributed by atoms with van der Waals surface area (Å²) in [7, 11) is -2.70. The highest BCUT2D eigenvalue weighted by molar-refractivity contribution is 7.89. The first kappa shape index (κ1) is 21.2. The number of ether oxygens (including phenoxy) is 1. The van der Waals surface area contributed by atoms with Crippen molar-refractivity contribution in [3.63, 3.8) is 0 Å². The molecule has 2 aliphatic heterocycles. The van der Waals surface area contributed by atoms with E-state index in [-0.39, 0.29) is 29.5 Å². The van der Waals surface area contributed by atoms with Crippen LogP contribution in [0.4, 0.5) is 0 Å². The Bertz CT molecular complexity index is 1160. The minimum absolute atomic E-state index is 0.000802. The molecule has 2 aromatic rings. The van der Waals surface area contributed by atoms with Crippen LogP contribution in [0.5, 0.6) is 0 Å². The first-order valence-corrected chi connectivity index (χ1v) is 11.4. The Morgan fingerprint density at radius 3 is 2.39 bits per heavy atom. The summed E-state index contributed by atoms with van der Waals surface area (Å²) in [5, 5.41) is 2.94. The maximum Gasteiger partial charge on any atom is 0.339 e. The fraction of sp³-hybridized carbons (Fsp3) is 0.318. The summed E-state index contributed by atoms with van der Waals surface area (Å²) >= 11 is 0. The number of sulfonamides is 1. The molecule has 4 rings (SSSR count). The first-order chi connectivity index (χ1) is 14.8. The third kappa shape index (κ3) is 3.86. The van der Waals surface area contributed by atoms with Gasteiger partial charge >= 0.3 is 5.97 Å². The number of piperidine rings is 1. The second kappa shape index (κ2) is 7.90. The van der Waals surface area contributed by atoms with Gasteiger partial charge in [0, 0.05) is 31.5 Å². The lowest BCUT2D eigenvalue weighted by atomic mass is 10.00. The Morgan fingerprint density at radius 2 is 1.74 bits per heavy atom. The predicted octanol–water partition coefficient (Wildman–Crippen LogP) is 1.88. The average molecular weight is 442 g/mol. The second-order valence-electron chi connectivity index (χ2n) is 7.70. The molecule has 31 heavy (non-hydrogen) atoms. The van der Waals surface area contributed by atoms with Gasteiger partial charge in [0.25, 0.3) is 5.91 Å². The van der Waals surface area contributed by atoms with Gasteiger partial charge in [0.05, 0.1) is 17.6 Å². The Hall–Kier alpha value is -3.04. The zero-order valence-electron chi connectivity index (χ0n) is 17.3. The summed E-state index contributed by atoms with van der Waals surface area (Å²) in [4.78, 5) is 29.2. The van der Waals surface area contributed by atoms with Gasteiger partial charge in [-0.2, -0.15) is 4.31 Å². The van der Waals surface area contributed by atoms with Crippen LogP contribution in [0.3, 0.4) is 0 Å². The molecule has 2 aliphatic rings. The van der Waals surface area contributed by atoms with Crippen molar-refractivity contribution in [1.82, 2.24) is 9.62 Å². The van der Waals surface area contributed by atoms with Gasteiger partial charge in [-0.3, -0.25) is 9.79 Å². The van der Waals surface area contributed by atoms with Gasteiger partial charge in [-0.05, 0) is 19.1 Å². The lowest BCUT2D eigenvalue weighted by Crippen LogP contribution is -2.52. The van der Waals surface area contributed by atoms with E-state index in [4.69, 9.17) is 4.74 Å². The molecule has 1 saturated heterocycles. The number of aliphatic imine (C=N–C) groups is 1. The lowest BCUT2D eigenvalue weighted by molar-refractivity contribution is -0.115. The zero-order chi connectivity index (χ0) is 22.2. The van der Waals surface area contributed by atoms with Crippen molar-refractivity contribution in [2.75, 3.05) is 20.2 Å². The van der Waals surface area contributed by atoms with Crippen molar-refractivity contribution in [1.29, 1.82) is 0 Å². The van der Waals surface area contributed by atoms with Crippen LogP contribution in [0.25, 0.3) is 0 Å². The van der Waals surface area contributed by atoms with Crippen LogP contribution in [0.2, 0.25) is 0 Å². The van der Waals surface area contributed by atoms with Gasteiger partial charge in [-0.1, -0.05) is 42.0 Å². The molecule has 0 unspecified atom stereocenters. The van der Waals surface area contributed by atoms with Gasteiger partial charge < -0.3 is 10.1 Å². The summed E-state index contributed by atoms with van der Waals surface area (Å²) in [6.45, 7) is 2.31. The van der Waals surface area contributed by atoms with E-state index < -0.39 is 21.7 Å². The van der Waals surface area contributed by atoms with Crippen molar-refractivity contribution in [3.05, 3.63) is 65.2 Å². The van der Waals surface area contributed by atoms with Gasteiger partial charge in [-0.15, -0.1) is 0 Å². The van der Waals surface area contributed by atoms with Gasteiger partial charge in [0.2, 0.25) is 10.0 Å². The van der Waals surface area contributed by atoms with E-state index in [1.807, 2.05) is 31.2 Å². The quantitative estimate of drug-likeness (QED) is 0.730. The summed E-state index contributed by atoms with van der Waals surface area (Å²) in [5.41, 5.74) is 1.38. The van der Waals surface area contributed by atoms with Crippen LogP contribution >= 0.6 is 0 Å². The predicted molar refractivity (Wildman–Crippen MR) is 114 cm³/mol. The number of hydrogen-bond acceptors (Lipinski definition) is 6. The molecule has 0 aromatic heterocycles. The standard InChI is InChI=1S/C22H23N3O5S/c1-15-7-9-16(10-8-15)19-20(26)24-22(23-19)11-13-25(14-12-22)31(28,29)18-6-4-3-5-17(18)21(27)30-2/h3-10H,11-14H2,1-2H3,(H,24,26). The largest absolute Gasteiger partial charge is 0.465 e. The number of nitrogens with zero attached hydrogens (tertiary/aromatic N) is 2. The molecule has 2 aromatic carbocycles. The summed E-state index contributed by atoms with van der Waals surface area (Å²) in [6.07, 6.45) is 0.682. The normalized spacial score (nSPS) is 18.5. The Balaban J connectivity index is 1.56.